The fraction of sp³-hybridized carbons (Fsp3) is 0.143. The first kappa shape index (κ1) is 10.1. The van der Waals surface area contributed by atoms with E-state index in [0.717, 1.165) is 6.07 Å². The van der Waals surface area contributed by atoms with Crippen LogP contribution in [0.3, 0.4) is 0 Å². The highest BCUT2D eigenvalue weighted by molar-refractivity contribution is 6.34. The lowest BCUT2D eigenvalue weighted by Gasteiger charge is -2.01. The molecule has 0 radical (unpaired) electrons. The molecular formula is C7H5Cl2NO3. The lowest BCUT2D eigenvalue weighted by molar-refractivity contribution is 0.0594. The smallest absolute Gasteiger partial charge is 0.356 e. The molecule has 0 amide bonds. The van der Waals surface area contributed by atoms with Crippen LogP contribution >= 0.6 is 23.2 Å². The average Bonchev–Trinajstić information content (AvgIpc) is 2.10. The Balaban J connectivity index is 3.37. The number of rotatable bonds is 1. The molecule has 6 heteroatoms. The van der Waals surface area contributed by atoms with Crippen molar-refractivity contribution in [3.05, 3.63) is 32.2 Å². The summed E-state index contributed by atoms with van der Waals surface area (Å²) in [6, 6.07) is 1.08. The number of carbonyl (C=O) groups excluding carboxylic acids is 1. The van der Waals surface area contributed by atoms with Gasteiger partial charge in [-0.3, -0.25) is 4.79 Å². The van der Waals surface area contributed by atoms with Crippen molar-refractivity contribution in [1.82, 2.24) is 4.98 Å². The molecule has 0 unspecified atom stereocenters. The van der Waals surface area contributed by atoms with Crippen molar-refractivity contribution in [2.45, 2.75) is 0 Å². The number of hydrogen-bond acceptors (Lipinski definition) is 3. The average molecular weight is 222 g/mol. The number of ether oxygens (including phenoxy) is 1. The summed E-state index contributed by atoms with van der Waals surface area (Å²) in [6.07, 6.45) is 0. The van der Waals surface area contributed by atoms with Gasteiger partial charge >= 0.3 is 5.97 Å². The summed E-state index contributed by atoms with van der Waals surface area (Å²) in [5.74, 6) is -0.732. The van der Waals surface area contributed by atoms with E-state index in [2.05, 4.69) is 9.72 Å². The number of aromatic amines is 1. The Morgan fingerprint density at radius 2 is 2.15 bits per heavy atom. The van der Waals surface area contributed by atoms with E-state index >= 15 is 0 Å². The molecule has 1 N–H and O–H groups in total. The molecule has 0 saturated carbocycles. The van der Waals surface area contributed by atoms with Crippen LogP contribution in [0.4, 0.5) is 0 Å². The Bertz CT molecular complexity index is 399. The minimum absolute atomic E-state index is 0.0369. The van der Waals surface area contributed by atoms with Crippen LogP contribution in [-0.2, 0) is 4.74 Å². The Labute approximate surface area is 83.4 Å². The molecule has 0 atom stereocenters. The van der Waals surface area contributed by atoms with Crippen LogP contribution < -0.4 is 5.43 Å². The SMILES string of the molecule is COC(=O)c1[nH]c(Cl)cc(=O)c1Cl. The maximum Gasteiger partial charge on any atom is 0.356 e. The first-order valence-corrected chi connectivity index (χ1v) is 3.98. The minimum atomic E-state index is -0.732. The molecule has 0 aliphatic heterocycles. The van der Waals surface area contributed by atoms with Crippen molar-refractivity contribution in [2.75, 3.05) is 7.11 Å². The third-order valence-corrected chi connectivity index (χ3v) is 1.91. The molecule has 70 valence electrons. The van der Waals surface area contributed by atoms with E-state index in [0.29, 0.717) is 0 Å². The predicted octanol–water partition coefficient (Wildman–Crippen LogP) is 1.47. The van der Waals surface area contributed by atoms with Gasteiger partial charge in [0.05, 0.1) is 7.11 Å². The van der Waals surface area contributed by atoms with Crippen LogP contribution in [-0.4, -0.2) is 18.1 Å². The third kappa shape index (κ3) is 2.02. The first-order valence-electron chi connectivity index (χ1n) is 3.23. The fourth-order valence-corrected chi connectivity index (χ4v) is 1.13. The van der Waals surface area contributed by atoms with Crippen LogP contribution in [0.1, 0.15) is 10.5 Å². The maximum atomic E-state index is 11.0. The number of nitrogens with one attached hydrogen (secondary N) is 1. The van der Waals surface area contributed by atoms with Gasteiger partial charge in [0.1, 0.15) is 15.9 Å². The van der Waals surface area contributed by atoms with Gasteiger partial charge in [-0.15, -0.1) is 0 Å². The van der Waals surface area contributed by atoms with E-state index < -0.39 is 11.4 Å². The van der Waals surface area contributed by atoms with Gasteiger partial charge in [-0.05, 0) is 0 Å². The molecule has 0 saturated heterocycles. The molecule has 0 fully saturated rings. The highest BCUT2D eigenvalue weighted by Crippen LogP contribution is 2.12. The van der Waals surface area contributed by atoms with E-state index in [4.69, 9.17) is 23.2 Å². The Morgan fingerprint density at radius 1 is 1.54 bits per heavy atom. The molecule has 1 heterocycles. The van der Waals surface area contributed by atoms with E-state index in [-0.39, 0.29) is 15.9 Å². The van der Waals surface area contributed by atoms with E-state index in [1.807, 2.05) is 0 Å². The number of carbonyl (C=O) groups is 1. The van der Waals surface area contributed by atoms with Gasteiger partial charge in [0.2, 0.25) is 5.43 Å². The molecule has 1 rings (SSSR count). The van der Waals surface area contributed by atoms with Gasteiger partial charge in [-0.2, -0.15) is 0 Å². The van der Waals surface area contributed by atoms with Crippen LogP contribution in [0.25, 0.3) is 0 Å². The number of halogens is 2. The summed E-state index contributed by atoms with van der Waals surface area (Å²) in [5, 5.41) is -0.189. The van der Waals surface area contributed by atoms with Crippen LogP contribution in [0.5, 0.6) is 0 Å². The zero-order valence-electron chi connectivity index (χ0n) is 6.56. The van der Waals surface area contributed by atoms with Crippen LogP contribution in [0.2, 0.25) is 10.2 Å². The summed E-state index contributed by atoms with van der Waals surface area (Å²) in [4.78, 5) is 24.5. The minimum Gasteiger partial charge on any atom is -0.464 e. The van der Waals surface area contributed by atoms with Gasteiger partial charge in [-0.25, -0.2) is 4.79 Å². The van der Waals surface area contributed by atoms with Gasteiger partial charge < -0.3 is 9.72 Å². The molecule has 0 aliphatic rings. The maximum absolute atomic E-state index is 11.0. The number of aromatic nitrogens is 1. The molecule has 0 aliphatic carbocycles. The lowest BCUT2D eigenvalue weighted by Crippen LogP contribution is -2.12. The molecule has 1 aromatic heterocycles. The number of hydrogen-bond donors (Lipinski definition) is 1. The molecule has 0 bridgehead atoms. The first-order chi connectivity index (χ1) is 6.06. The molecular weight excluding hydrogens is 217 g/mol. The standard InChI is InChI=1S/C7H5Cl2NO3/c1-13-7(12)6-5(9)3(11)2-4(8)10-6/h2H,1H3,(H,10,11). The normalized spacial score (nSPS) is 9.77. The van der Waals surface area contributed by atoms with Gasteiger partial charge in [0.25, 0.3) is 0 Å². The van der Waals surface area contributed by atoms with Crippen molar-refractivity contribution in [3.8, 4) is 0 Å². The molecule has 0 aromatic carbocycles. The predicted molar refractivity (Wildman–Crippen MR) is 48.4 cm³/mol. The summed E-state index contributed by atoms with van der Waals surface area (Å²) in [7, 11) is 1.18. The second-order valence-corrected chi connectivity index (χ2v) is 2.95. The molecule has 0 spiro atoms. The Morgan fingerprint density at radius 3 is 2.69 bits per heavy atom. The topological polar surface area (TPSA) is 59.2 Å². The van der Waals surface area contributed by atoms with Gasteiger partial charge in [0, 0.05) is 6.07 Å². The summed E-state index contributed by atoms with van der Waals surface area (Å²) >= 11 is 11.0. The van der Waals surface area contributed by atoms with Crippen molar-refractivity contribution >= 4 is 29.2 Å². The highest BCUT2D eigenvalue weighted by Gasteiger charge is 2.14. The van der Waals surface area contributed by atoms with Crippen molar-refractivity contribution < 1.29 is 9.53 Å². The zero-order valence-corrected chi connectivity index (χ0v) is 8.07. The quantitative estimate of drug-likeness (QED) is 0.578. The third-order valence-electron chi connectivity index (χ3n) is 1.33. The summed E-state index contributed by atoms with van der Waals surface area (Å²) < 4.78 is 4.37. The van der Waals surface area contributed by atoms with Crippen LogP contribution in [0.15, 0.2) is 10.9 Å². The van der Waals surface area contributed by atoms with E-state index in [1.54, 1.807) is 0 Å². The second kappa shape index (κ2) is 3.81. The lowest BCUT2D eigenvalue weighted by atomic mass is 10.3. The monoisotopic (exact) mass is 221 g/mol. The van der Waals surface area contributed by atoms with Crippen LogP contribution in [0, 0.1) is 0 Å². The highest BCUT2D eigenvalue weighted by atomic mass is 35.5. The Hall–Kier alpha value is -1.00. The van der Waals surface area contributed by atoms with Gasteiger partial charge in [-0.1, -0.05) is 23.2 Å². The number of esters is 1. The number of pyridine rings is 1. The number of methoxy groups -OCH3 is 1. The number of H-pyrrole nitrogens is 1. The van der Waals surface area contributed by atoms with Crippen molar-refractivity contribution in [1.29, 1.82) is 0 Å². The zero-order chi connectivity index (χ0) is 10.0. The van der Waals surface area contributed by atoms with Gasteiger partial charge in [0.15, 0.2) is 0 Å². The van der Waals surface area contributed by atoms with Crippen molar-refractivity contribution in [2.24, 2.45) is 0 Å². The molecule has 1 aromatic rings. The molecule has 13 heavy (non-hydrogen) atoms. The summed E-state index contributed by atoms with van der Waals surface area (Å²) in [6.45, 7) is 0. The fourth-order valence-electron chi connectivity index (χ4n) is 0.755. The summed E-state index contributed by atoms with van der Waals surface area (Å²) in [5.41, 5.74) is -0.660. The molecule has 4 nitrogen and oxygen atoms in total. The largest absolute Gasteiger partial charge is 0.464 e. The second-order valence-electron chi connectivity index (χ2n) is 2.16. The van der Waals surface area contributed by atoms with E-state index in [1.165, 1.54) is 7.11 Å². The Kier molecular flexibility index (Phi) is 2.95. The van der Waals surface area contributed by atoms with Crippen molar-refractivity contribution in [3.63, 3.8) is 0 Å². The van der Waals surface area contributed by atoms with E-state index in [9.17, 15) is 9.59 Å².